The van der Waals surface area contributed by atoms with Gasteiger partial charge in [-0.1, -0.05) is 41.1 Å². The van der Waals surface area contributed by atoms with Gasteiger partial charge in [0, 0.05) is 10.5 Å². The molecule has 1 nitrogen and oxygen atoms in total. The van der Waals surface area contributed by atoms with Gasteiger partial charge in [-0.15, -0.1) is 0 Å². The summed E-state index contributed by atoms with van der Waals surface area (Å²) < 4.78 is 27.9. The van der Waals surface area contributed by atoms with E-state index in [0.717, 1.165) is 16.6 Å². The summed E-state index contributed by atoms with van der Waals surface area (Å²) in [5, 5.41) is 3.34. The van der Waals surface area contributed by atoms with Crippen molar-refractivity contribution in [2.45, 2.75) is 25.8 Å². The van der Waals surface area contributed by atoms with Gasteiger partial charge in [-0.3, -0.25) is 0 Å². The largest absolute Gasteiger partial charge is 0.314 e. The SMILES string of the molecule is CCNC(Cc1cc(F)cc(Br)c1)Cc1ccccc1F. The van der Waals surface area contributed by atoms with Crippen LogP contribution in [0.4, 0.5) is 8.78 Å². The van der Waals surface area contributed by atoms with Crippen LogP contribution in [-0.2, 0) is 12.8 Å². The lowest BCUT2D eigenvalue weighted by atomic mass is 9.98. The lowest BCUT2D eigenvalue weighted by molar-refractivity contribution is 0.504. The summed E-state index contributed by atoms with van der Waals surface area (Å²) in [5.41, 5.74) is 1.57. The Bertz CT molecular complexity index is 581. The van der Waals surface area contributed by atoms with Gasteiger partial charge in [-0.25, -0.2) is 8.78 Å². The molecule has 0 saturated carbocycles. The molecule has 0 bridgehead atoms. The smallest absolute Gasteiger partial charge is 0.126 e. The monoisotopic (exact) mass is 353 g/mol. The highest BCUT2D eigenvalue weighted by molar-refractivity contribution is 9.10. The van der Waals surface area contributed by atoms with Gasteiger partial charge in [0.2, 0.25) is 0 Å². The predicted molar refractivity (Wildman–Crippen MR) is 85.4 cm³/mol. The number of nitrogens with one attached hydrogen (secondary N) is 1. The summed E-state index contributed by atoms with van der Waals surface area (Å²) in [6.07, 6.45) is 1.23. The fourth-order valence-electron chi connectivity index (χ4n) is 2.45. The average Bonchev–Trinajstić information content (AvgIpc) is 2.40. The van der Waals surface area contributed by atoms with Gasteiger partial charge in [0.25, 0.3) is 0 Å². The minimum absolute atomic E-state index is 0.0700. The fourth-order valence-corrected chi connectivity index (χ4v) is 2.96. The van der Waals surface area contributed by atoms with Gasteiger partial charge in [0.15, 0.2) is 0 Å². The summed E-state index contributed by atoms with van der Waals surface area (Å²) in [4.78, 5) is 0. The zero-order chi connectivity index (χ0) is 15.2. The maximum absolute atomic E-state index is 13.8. The van der Waals surface area contributed by atoms with Gasteiger partial charge in [-0.05, 0) is 54.8 Å². The molecule has 0 spiro atoms. The maximum Gasteiger partial charge on any atom is 0.126 e. The van der Waals surface area contributed by atoms with Crippen molar-refractivity contribution in [2.24, 2.45) is 0 Å². The minimum Gasteiger partial charge on any atom is -0.314 e. The first-order valence-corrected chi connectivity index (χ1v) is 7.79. The van der Waals surface area contributed by atoms with Crippen LogP contribution < -0.4 is 5.32 Å². The molecule has 1 unspecified atom stereocenters. The Morgan fingerprint density at radius 2 is 1.86 bits per heavy atom. The highest BCUT2D eigenvalue weighted by atomic mass is 79.9. The zero-order valence-electron chi connectivity index (χ0n) is 11.9. The van der Waals surface area contributed by atoms with Crippen LogP contribution in [0.25, 0.3) is 0 Å². The second-order valence-corrected chi connectivity index (χ2v) is 5.95. The molecule has 112 valence electrons. The number of rotatable bonds is 6. The normalized spacial score (nSPS) is 12.4. The van der Waals surface area contributed by atoms with Crippen LogP contribution in [0.5, 0.6) is 0 Å². The van der Waals surface area contributed by atoms with Gasteiger partial charge >= 0.3 is 0 Å². The number of hydrogen-bond acceptors (Lipinski definition) is 1. The van der Waals surface area contributed by atoms with Gasteiger partial charge in [0.05, 0.1) is 0 Å². The van der Waals surface area contributed by atoms with Crippen molar-refractivity contribution in [3.8, 4) is 0 Å². The molecule has 0 aliphatic heterocycles. The van der Waals surface area contributed by atoms with Gasteiger partial charge in [0.1, 0.15) is 11.6 Å². The molecule has 0 aliphatic carbocycles. The Morgan fingerprint density at radius 1 is 1.10 bits per heavy atom. The van der Waals surface area contributed by atoms with Crippen LogP contribution in [0.3, 0.4) is 0 Å². The van der Waals surface area contributed by atoms with E-state index in [2.05, 4.69) is 21.2 Å². The van der Waals surface area contributed by atoms with Crippen LogP contribution >= 0.6 is 15.9 Å². The Morgan fingerprint density at radius 3 is 2.52 bits per heavy atom. The quantitative estimate of drug-likeness (QED) is 0.806. The highest BCUT2D eigenvalue weighted by Crippen LogP contribution is 2.18. The van der Waals surface area contributed by atoms with E-state index in [1.165, 1.54) is 18.2 Å². The van der Waals surface area contributed by atoms with E-state index in [4.69, 9.17) is 0 Å². The number of likely N-dealkylation sites (N-methyl/N-ethyl adjacent to an activating group) is 1. The van der Waals surface area contributed by atoms with Crippen molar-refractivity contribution < 1.29 is 8.78 Å². The topological polar surface area (TPSA) is 12.0 Å². The zero-order valence-corrected chi connectivity index (χ0v) is 13.5. The van der Waals surface area contributed by atoms with E-state index < -0.39 is 0 Å². The van der Waals surface area contributed by atoms with Crippen molar-refractivity contribution in [2.75, 3.05) is 6.54 Å². The molecular weight excluding hydrogens is 336 g/mol. The van der Waals surface area contributed by atoms with Gasteiger partial charge in [-0.2, -0.15) is 0 Å². The Hall–Kier alpha value is -1.26. The van der Waals surface area contributed by atoms with E-state index in [-0.39, 0.29) is 17.7 Å². The van der Waals surface area contributed by atoms with Crippen LogP contribution in [0.1, 0.15) is 18.1 Å². The molecule has 1 N–H and O–H groups in total. The molecule has 2 aromatic carbocycles. The van der Waals surface area contributed by atoms with Crippen molar-refractivity contribution in [3.63, 3.8) is 0 Å². The van der Waals surface area contributed by atoms with Crippen LogP contribution in [0, 0.1) is 11.6 Å². The number of benzene rings is 2. The molecule has 4 heteroatoms. The summed E-state index contributed by atoms with van der Waals surface area (Å²) in [6.45, 7) is 2.80. The predicted octanol–water partition coefficient (Wildman–Crippen LogP) is 4.49. The molecule has 2 rings (SSSR count). The summed E-state index contributed by atoms with van der Waals surface area (Å²) in [7, 11) is 0. The van der Waals surface area contributed by atoms with Gasteiger partial charge < -0.3 is 5.32 Å². The van der Waals surface area contributed by atoms with Crippen molar-refractivity contribution in [1.82, 2.24) is 5.32 Å². The standard InChI is InChI=1S/C17H18BrF2N/c1-2-21-16(10-13-5-3-4-6-17(13)20)9-12-7-14(18)11-15(19)8-12/h3-8,11,16,21H,2,9-10H2,1H3. The molecular formula is C17H18BrF2N. The summed E-state index contributed by atoms with van der Waals surface area (Å²) in [6, 6.07) is 11.7. The maximum atomic E-state index is 13.8. The number of halogens is 3. The van der Waals surface area contributed by atoms with E-state index in [1.54, 1.807) is 12.1 Å². The summed E-state index contributed by atoms with van der Waals surface area (Å²) >= 11 is 3.30. The van der Waals surface area contributed by atoms with Crippen LogP contribution in [0.2, 0.25) is 0 Å². The minimum atomic E-state index is -0.263. The first kappa shape index (κ1) is 16.1. The van der Waals surface area contributed by atoms with E-state index in [1.807, 2.05) is 19.1 Å². The van der Waals surface area contributed by atoms with Crippen LogP contribution in [0.15, 0.2) is 46.9 Å². The second-order valence-electron chi connectivity index (χ2n) is 5.03. The average molecular weight is 354 g/mol. The van der Waals surface area contributed by atoms with E-state index in [0.29, 0.717) is 18.4 Å². The third-order valence-corrected chi connectivity index (χ3v) is 3.78. The number of hydrogen-bond donors (Lipinski definition) is 1. The molecule has 0 heterocycles. The Balaban J connectivity index is 2.13. The third kappa shape index (κ3) is 4.90. The van der Waals surface area contributed by atoms with Crippen molar-refractivity contribution in [3.05, 3.63) is 69.7 Å². The first-order valence-electron chi connectivity index (χ1n) is 7.00. The van der Waals surface area contributed by atoms with E-state index >= 15 is 0 Å². The lowest BCUT2D eigenvalue weighted by Gasteiger charge is -2.18. The molecule has 21 heavy (non-hydrogen) atoms. The lowest BCUT2D eigenvalue weighted by Crippen LogP contribution is -2.33. The molecule has 1 atom stereocenters. The van der Waals surface area contributed by atoms with Crippen molar-refractivity contribution >= 4 is 15.9 Å². The summed E-state index contributed by atoms with van der Waals surface area (Å²) in [5.74, 6) is -0.457. The van der Waals surface area contributed by atoms with Crippen LogP contribution in [-0.4, -0.2) is 12.6 Å². The molecule has 2 aromatic rings. The molecule has 0 fully saturated rings. The van der Waals surface area contributed by atoms with Crippen molar-refractivity contribution in [1.29, 1.82) is 0 Å². The molecule has 0 aliphatic rings. The molecule has 0 radical (unpaired) electrons. The molecule has 0 amide bonds. The first-order chi connectivity index (χ1) is 10.1. The highest BCUT2D eigenvalue weighted by Gasteiger charge is 2.13. The fraction of sp³-hybridized carbons (Fsp3) is 0.294. The second kappa shape index (κ2) is 7.66. The Labute approximate surface area is 132 Å². The molecule has 0 aromatic heterocycles. The third-order valence-electron chi connectivity index (χ3n) is 3.32. The molecule has 0 saturated heterocycles. The van der Waals surface area contributed by atoms with E-state index in [9.17, 15) is 8.78 Å². The Kier molecular flexibility index (Phi) is 5.88.